The van der Waals surface area contributed by atoms with Gasteiger partial charge in [-0.05, 0) is 30.5 Å². The van der Waals surface area contributed by atoms with E-state index >= 15 is 0 Å². The van der Waals surface area contributed by atoms with Gasteiger partial charge in [-0.25, -0.2) is 0 Å². The zero-order valence-electron chi connectivity index (χ0n) is 18.1. The van der Waals surface area contributed by atoms with Gasteiger partial charge >= 0.3 is 5.97 Å². The molecular formula is C24H30N2O4. The van der Waals surface area contributed by atoms with E-state index in [9.17, 15) is 14.4 Å². The highest BCUT2D eigenvalue weighted by Gasteiger charge is 2.28. The van der Waals surface area contributed by atoms with Crippen LogP contribution in [-0.2, 0) is 19.1 Å². The number of amides is 2. The van der Waals surface area contributed by atoms with Gasteiger partial charge in [0.1, 0.15) is 0 Å². The normalized spacial score (nSPS) is 12.5. The second-order valence-corrected chi connectivity index (χ2v) is 7.55. The third-order valence-electron chi connectivity index (χ3n) is 5.11. The number of aryl methyl sites for hydroxylation is 1. The van der Waals surface area contributed by atoms with Gasteiger partial charge in [0.15, 0.2) is 6.61 Å². The minimum absolute atomic E-state index is 0.0769. The molecule has 0 aliphatic carbocycles. The van der Waals surface area contributed by atoms with E-state index in [0.717, 1.165) is 17.5 Å². The smallest absolute Gasteiger partial charge is 0.314 e. The quantitative estimate of drug-likeness (QED) is 0.639. The van der Waals surface area contributed by atoms with Gasteiger partial charge in [-0.1, -0.05) is 68.3 Å². The summed E-state index contributed by atoms with van der Waals surface area (Å²) in [6.07, 6.45) is 0.807. The fourth-order valence-electron chi connectivity index (χ4n) is 3.07. The Hall–Kier alpha value is -3.15. The van der Waals surface area contributed by atoms with E-state index in [1.54, 1.807) is 12.1 Å². The van der Waals surface area contributed by atoms with Crippen LogP contribution in [0.3, 0.4) is 0 Å². The van der Waals surface area contributed by atoms with Gasteiger partial charge in [0.2, 0.25) is 5.91 Å². The largest absolute Gasteiger partial charge is 0.455 e. The Morgan fingerprint density at radius 2 is 1.67 bits per heavy atom. The Morgan fingerprint density at radius 3 is 2.27 bits per heavy atom. The molecule has 0 unspecified atom stereocenters. The molecule has 0 saturated carbocycles. The Labute approximate surface area is 178 Å². The molecule has 30 heavy (non-hydrogen) atoms. The van der Waals surface area contributed by atoms with Crippen molar-refractivity contribution in [1.82, 2.24) is 4.90 Å². The number of anilines is 1. The van der Waals surface area contributed by atoms with Gasteiger partial charge in [-0.15, -0.1) is 0 Å². The molecule has 0 radical (unpaired) electrons. The van der Waals surface area contributed by atoms with Crippen molar-refractivity contribution in [1.29, 1.82) is 0 Å². The fraction of sp³-hybridized carbons (Fsp3) is 0.375. The van der Waals surface area contributed by atoms with E-state index in [0.29, 0.717) is 5.69 Å². The first kappa shape index (κ1) is 23.1. The summed E-state index contributed by atoms with van der Waals surface area (Å²) in [7, 11) is 1.51. The van der Waals surface area contributed by atoms with Crippen LogP contribution in [0, 0.1) is 12.8 Å². The second kappa shape index (κ2) is 11.1. The number of rotatable bonds is 9. The van der Waals surface area contributed by atoms with E-state index in [-0.39, 0.29) is 18.4 Å². The number of esters is 1. The number of hydrogen-bond acceptors (Lipinski definition) is 4. The summed E-state index contributed by atoms with van der Waals surface area (Å²) in [5.41, 5.74) is 2.63. The summed E-state index contributed by atoms with van der Waals surface area (Å²) in [5.74, 6) is -1.53. The van der Waals surface area contributed by atoms with Crippen molar-refractivity contribution in [2.75, 3.05) is 25.5 Å². The summed E-state index contributed by atoms with van der Waals surface area (Å²) < 4.78 is 5.32. The number of nitrogens with one attached hydrogen (secondary N) is 1. The highest BCUT2D eigenvalue weighted by atomic mass is 16.5. The summed E-state index contributed by atoms with van der Waals surface area (Å²) >= 11 is 0. The first-order chi connectivity index (χ1) is 14.3. The third kappa shape index (κ3) is 6.72. The van der Waals surface area contributed by atoms with E-state index < -0.39 is 24.4 Å². The third-order valence-corrected chi connectivity index (χ3v) is 5.11. The van der Waals surface area contributed by atoms with Crippen LogP contribution in [0.2, 0.25) is 0 Å². The van der Waals surface area contributed by atoms with Crippen molar-refractivity contribution < 1.29 is 19.1 Å². The zero-order valence-corrected chi connectivity index (χ0v) is 18.1. The molecule has 0 heterocycles. The molecule has 6 heteroatoms. The monoisotopic (exact) mass is 410 g/mol. The lowest BCUT2D eigenvalue weighted by Gasteiger charge is -2.23. The van der Waals surface area contributed by atoms with Crippen molar-refractivity contribution in [3.05, 3.63) is 65.7 Å². The minimum Gasteiger partial charge on any atom is -0.455 e. The van der Waals surface area contributed by atoms with Crippen LogP contribution in [0.5, 0.6) is 0 Å². The van der Waals surface area contributed by atoms with Gasteiger partial charge in [0.25, 0.3) is 5.91 Å². The average molecular weight is 411 g/mol. The molecular weight excluding hydrogens is 380 g/mol. The van der Waals surface area contributed by atoms with E-state index in [2.05, 4.69) is 5.32 Å². The number of likely N-dealkylation sites (N-methyl/N-ethyl adjacent to an activating group) is 1. The van der Waals surface area contributed by atoms with Crippen LogP contribution in [0.15, 0.2) is 54.6 Å². The molecule has 0 aliphatic rings. The van der Waals surface area contributed by atoms with Crippen molar-refractivity contribution in [3.63, 3.8) is 0 Å². The van der Waals surface area contributed by atoms with Crippen molar-refractivity contribution in [2.24, 2.45) is 5.92 Å². The Morgan fingerprint density at radius 1 is 1.03 bits per heavy atom. The summed E-state index contributed by atoms with van der Waals surface area (Å²) in [4.78, 5) is 38.4. The zero-order chi connectivity index (χ0) is 22.1. The van der Waals surface area contributed by atoms with Crippen molar-refractivity contribution in [2.45, 2.75) is 33.1 Å². The molecule has 0 bridgehead atoms. The standard InChI is InChI=1S/C24H30N2O4/c1-5-18(3)23(19-9-7-6-8-10-19)24(29)30-16-22(28)26(4)15-21(27)25-20-13-11-17(2)12-14-20/h6-14,18,23H,5,15-16H2,1-4H3,(H,25,27)/t18-,23-/m1/s1. The SMILES string of the molecule is CC[C@@H](C)[C@@H](C(=O)OCC(=O)N(C)CC(=O)Nc1ccc(C)cc1)c1ccccc1. The number of nitrogens with zero attached hydrogens (tertiary/aromatic N) is 1. The first-order valence-corrected chi connectivity index (χ1v) is 10.1. The molecule has 2 aromatic carbocycles. The second-order valence-electron chi connectivity index (χ2n) is 7.55. The van der Waals surface area contributed by atoms with Crippen LogP contribution in [0.1, 0.15) is 37.3 Å². The van der Waals surface area contributed by atoms with Crippen LogP contribution < -0.4 is 5.32 Å². The van der Waals surface area contributed by atoms with Gasteiger partial charge < -0.3 is 15.0 Å². The predicted molar refractivity (Wildman–Crippen MR) is 117 cm³/mol. The molecule has 1 N–H and O–H groups in total. The van der Waals surface area contributed by atoms with Gasteiger partial charge in [-0.2, -0.15) is 0 Å². The summed E-state index contributed by atoms with van der Waals surface area (Å²) in [6.45, 7) is 5.44. The predicted octanol–water partition coefficient (Wildman–Crippen LogP) is 3.77. The van der Waals surface area contributed by atoms with E-state index in [1.807, 2.05) is 63.2 Å². The van der Waals surface area contributed by atoms with Crippen molar-refractivity contribution in [3.8, 4) is 0 Å². The molecule has 6 nitrogen and oxygen atoms in total. The van der Waals surface area contributed by atoms with E-state index in [4.69, 9.17) is 4.74 Å². The topological polar surface area (TPSA) is 75.7 Å². The Kier molecular flexibility index (Phi) is 8.59. The number of carbonyl (C=O) groups is 3. The lowest BCUT2D eigenvalue weighted by molar-refractivity contribution is -0.154. The highest BCUT2D eigenvalue weighted by Crippen LogP contribution is 2.28. The lowest BCUT2D eigenvalue weighted by atomic mass is 9.86. The number of hydrogen-bond donors (Lipinski definition) is 1. The fourth-order valence-corrected chi connectivity index (χ4v) is 3.07. The molecule has 0 aliphatic heterocycles. The number of benzene rings is 2. The molecule has 0 fully saturated rings. The minimum atomic E-state index is -0.432. The van der Waals surface area contributed by atoms with Crippen LogP contribution >= 0.6 is 0 Å². The van der Waals surface area contributed by atoms with Gasteiger partial charge in [0, 0.05) is 12.7 Å². The van der Waals surface area contributed by atoms with Crippen molar-refractivity contribution >= 4 is 23.5 Å². The average Bonchev–Trinajstić information content (AvgIpc) is 2.74. The van der Waals surface area contributed by atoms with Gasteiger partial charge in [-0.3, -0.25) is 14.4 Å². The number of carbonyl (C=O) groups excluding carboxylic acids is 3. The van der Waals surface area contributed by atoms with Crippen LogP contribution in [0.4, 0.5) is 5.69 Å². The highest BCUT2D eigenvalue weighted by molar-refractivity contribution is 5.94. The molecule has 2 atom stereocenters. The molecule has 0 aromatic heterocycles. The maximum Gasteiger partial charge on any atom is 0.314 e. The summed E-state index contributed by atoms with van der Waals surface area (Å²) in [6, 6.07) is 16.8. The molecule has 2 aromatic rings. The number of ether oxygens (including phenoxy) is 1. The lowest BCUT2D eigenvalue weighted by Crippen LogP contribution is -2.38. The molecule has 2 amide bonds. The van der Waals surface area contributed by atoms with Gasteiger partial charge in [0.05, 0.1) is 12.5 Å². The molecule has 160 valence electrons. The Balaban J connectivity index is 1.88. The maximum atomic E-state index is 12.7. The Bertz CT molecular complexity index is 849. The van der Waals surface area contributed by atoms with Crippen LogP contribution in [-0.4, -0.2) is 42.9 Å². The molecule has 2 rings (SSSR count). The molecule has 0 spiro atoms. The van der Waals surface area contributed by atoms with E-state index in [1.165, 1.54) is 11.9 Å². The molecule has 0 saturated heterocycles. The van der Waals surface area contributed by atoms with Crippen LogP contribution in [0.25, 0.3) is 0 Å². The summed E-state index contributed by atoms with van der Waals surface area (Å²) in [5, 5.41) is 2.74. The maximum absolute atomic E-state index is 12.7. The first-order valence-electron chi connectivity index (χ1n) is 10.1.